The van der Waals surface area contributed by atoms with E-state index in [-0.39, 0.29) is 11.6 Å². The van der Waals surface area contributed by atoms with Crippen molar-refractivity contribution in [3.8, 4) is 0 Å². The molecule has 1 saturated heterocycles. The standard InChI is InChI=1S/C8H12Cl3N3O4/c9-8(10,11)7(15)18-5-6-3-1-2-4-13(6)14(17)12-16/h6,16H,1-5H2. The molecule has 0 aromatic carbocycles. The summed E-state index contributed by atoms with van der Waals surface area (Å²) in [5.41, 5.74) is 0. The number of carbonyl (C=O) groups is 1. The van der Waals surface area contributed by atoms with Gasteiger partial charge in [-0.05, 0) is 19.3 Å². The molecule has 1 aliphatic rings. The first-order valence-corrected chi connectivity index (χ1v) is 6.32. The molecule has 0 radical (unpaired) electrons. The Bertz CT molecular complexity index is 334. The molecular weight excluding hydrogens is 308 g/mol. The second-order valence-corrected chi connectivity index (χ2v) is 6.03. The average Bonchev–Trinajstić information content (AvgIpc) is 2.34. The van der Waals surface area contributed by atoms with Crippen LogP contribution in [0.15, 0.2) is 5.28 Å². The van der Waals surface area contributed by atoms with Gasteiger partial charge in [-0.25, -0.2) is 4.79 Å². The molecule has 1 unspecified atom stereocenters. The van der Waals surface area contributed by atoms with Gasteiger partial charge in [0.1, 0.15) is 12.6 Å². The Morgan fingerprint density at radius 2 is 2.22 bits per heavy atom. The fourth-order valence-corrected chi connectivity index (χ4v) is 1.85. The summed E-state index contributed by atoms with van der Waals surface area (Å²) >= 11 is 16.0. The van der Waals surface area contributed by atoms with Crippen LogP contribution in [0.2, 0.25) is 0 Å². The minimum atomic E-state index is -2.14. The third kappa shape index (κ3) is 4.22. The molecule has 0 aromatic heterocycles. The quantitative estimate of drug-likeness (QED) is 0.282. The fraction of sp³-hybridized carbons (Fsp3) is 0.875. The van der Waals surface area contributed by atoms with Gasteiger partial charge >= 0.3 is 5.97 Å². The van der Waals surface area contributed by atoms with Gasteiger partial charge < -0.3 is 15.2 Å². The monoisotopic (exact) mass is 319 g/mol. The van der Waals surface area contributed by atoms with Crippen LogP contribution in [0.4, 0.5) is 0 Å². The Morgan fingerprint density at radius 3 is 2.78 bits per heavy atom. The minimum absolute atomic E-state index is 0.0625. The van der Waals surface area contributed by atoms with Gasteiger partial charge in [0.15, 0.2) is 0 Å². The van der Waals surface area contributed by atoms with E-state index in [1.807, 2.05) is 0 Å². The fourth-order valence-electron chi connectivity index (χ4n) is 1.69. The summed E-state index contributed by atoms with van der Waals surface area (Å²) in [4.78, 5) is 11.3. The van der Waals surface area contributed by atoms with E-state index in [2.05, 4.69) is 5.28 Å². The van der Waals surface area contributed by atoms with Gasteiger partial charge in [0, 0.05) is 0 Å². The van der Waals surface area contributed by atoms with Crippen LogP contribution >= 0.6 is 34.8 Å². The SMILES string of the molecule is O=C(OCC1CCCCN1[N+]([O-])=NO)C(Cl)(Cl)Cl. The molecule has 1 aliphatic heterocycles. The molecular formula is C8H12Cl3N3O4. The van der Waals surface area contributed by atoms with Gasteiger partial charge in [0.25, 0.3) is 3.79 Å². The summed E-state index contributed by atoms with van der Waals surface area (Å²) in [6, 6.07) is -0.400. The van der Waals surface area contributed by atoms with Crippen LogP contribution in [-0.2, 0) is 9.53 Å². The number of hydrogen-bond donors (Lipinski definition) is 1. The highest BCUT2D eigenvalue weighted by atomic mass is 35.6. The molecule has 0 aliphatic carbocycles. The van der Waals surface area contributed by atoms with Gasteiger partial charge in [-0.1, -0.05) is 34.8 Å². The normalized spacial score (nSPS) is 21.8. The Balaban J connectivity index is 2.56. The molecule has 1 rings (SSSR count). The summed E-state index contributed by atoms with van der Waals surface area (Å²) in [6.07, 6.45) is 2.26. The zero-order valence-corrected chi connectivity index (χ0v) is 11.5. The molecule has 1 N–H and O–H groups in total. The largest absolute Gasteiger partial charge is 0.569 e. The third-order valence-corrected chi connectivity index (χ3v) is 2.99. The molecule has 0 aromatic rings. The van der Waals surface area contributed by atoms with E-state index in [0.717, 1.165) is 12.8 Å². The summed E-state index contributed by atoms with van der Waals surface area (Å²) < 4.78 is 2.66. The molecule has 7 nitrogen and oxygen atoms in total. The molecule has 1 atom stereocenters. The number of hydrazine groups is 1. The zero-order chi connectivity index (χ0) is 13.8. The minimum Gasteiger partial charge on any atom is -0.569 e. The first-order valence-electron chi connectivity index (χ1n) is 5.19. The molecule has 1 fully saturated rings. The van der Waals surface area contributed by atoms with Gasteiger partial charge in [0.05, 0.1) is 11.5 Å². The molecule has 18 heavy (non-hydrogen) atoms. The predicted octanol–water partition coefficient (Wildman–Crippen LogP) is 2.02. The third-order valence-electron chi connectivity index (χ3n) is 2.53. The number of piperidine rings is 1. The molecule has 0 amide bonds. The first-order chi connectivity index (χ1) is 8.36. The number of nitrogens with zero attached hydrogens (tertiary/aromatic N) is 3. The van der Waals surface area contributed by atoms with Crippen molar-refractivity contribution >= 4 is 40.8 Å². The van der Waals surface area contributed by atoms with Crippen LogP contribution < -0.4 is 0 Å². The number of ether oxygens (including phenoxy) is 1. The maximum absolute atomic E-state index is 11.3. The van der Waals surface area contributed by atoms with E-state index in [1.165, 1.54) is 5.01 Å². The lowest BCUT2D eigenvalue weighted by molar-refractivity contribution is -0.719. The van der Waals surface area contributed by atoms with Crippen molar-refractivity contribution in [3.63, 3.8) is 0 Å². The second-order valence-electron chi connectivity index (χ2n) is 3.75. The number of halogens is 3. The van der Waals surface area contributed by atoms with E-state index in [1.54, 1.807) is 0 Å². The number of esters is 1. The Kier molecular flexibility index (Phi) is 5.55. The van der Waals surface area contributed by atoms with Crippen LogP contribution in [-0.4, -0.2) is 44.1 Å². The Morgan fingerprint density at radius 1 is 1.56 bits per heavy atom. The molecule has 104 valence electrons. The maximum atomic E-state index is 11.3. The van der Waals surface area contributed by atoms with E-state index in [4.69, 9.17) is 44.7 Å². The van der Waals surface area contributed by atoms with Crippen molar-refractivity contribution in [3.05, 3.63) is 5.21 Å². The first kappa shape index (κ1) is 15.4. The Hall–Kier alpha value is -0.660. The summed E-state index contributed by atoms with van der Waals surface area (Å²) in [6.45, 7) is 0.296. The molecule has 0 saturated carbocycles. The molecule has 0 bridgehead atoms. The lowest BCUT2D eigenvalue weighted by Gasteiger charge is -2.30. The summed E-state index contributed by atoms with van der Waals surface area (Å²) in [5.74, 6) is -1.00. The second kappa shape index (κ2) is 6.49. The highest BCUT2D eigenvalue weighted by molar-refractivity contribution is 6.75. The van der Waals surface area contributed by atoms with E-state index >= 15 is 0 Å². The number of rotatable bonds is 3. The van der Waals surface area contributed by atoms with Crippen LogP contribution in [0.1, 0.15) is 19.3 Å². The van der Waals surface area contributed by atoms with Crippen LogP contribution in [0.5, 0.6) is 0 Å². The Labute approximate surface area is 118 Å². The molecule has 10 heteroatoms. The van der Waals surface area contributed by atoms with Crippen molar-refractivity contribution in [1.29, 1.82) is 0 Å². The summed E-state index contributed by atoms with van der Waals surface area (Å²) in [7, 11) is 0. The van der Waals surface area contributed by atoms with Crippen molar-refractivity contribution in [2.45, 2.75) is 29.1 Å². The van der Waals surface area contributed by atoms with Crippen molar-refractivity contribution in [1.82, 2.24) is 5.01 Å². The molecule has 0 spiro atoms. The van der Waals surface area contributed by atoms with Crippen LogP contribution in [0.25, 0.3) is 0 Å². The van der Waals surface area contributed by atoms with E-state index in [9.17, 15) is 10.0 Å². The number of carbonyl (C=O) groups excluding carboxylic acids is 1. The van der Waals surface area contributed by atoms with Gasteiger partial charge in [-0.3, -0.25) is 0 Å². The zero-order valence-electron chi connectivity index (χ0n) is 9.26. The predicted molar refractivity (Wildman–Crippen MR) is 63.4 cm³/mol. The smallest absolute Gasteiger partial charge is 0.358 e. The number of alkyl halides is 3. The summed E-state index contributed by atoms with van der Waals surface area (Å²) in [5, 5.41) is 23.4. The lowest BCUT2D eigenvalue weighted by atomic mass is 10.1. The van der Waals surface area contributed by atoms with Crippen molar-refractivity contribution in [2.24, 2.45) is 5.28 Å². The average molecular weight is 321 g/mol. The van der Waals surface area contributed by atoms with Crippen LogP contribution in [0, 0.1) is 5.21 Å². The van der Waals surface area contributed by atoms with E-state index < -0.39 is 15.8 Å². The maximum Gasteiger partial charge on any atom is 0.358 e. The van der Waals surface area contributed by atoms with Crippen molar-refractivity contribution < 1.29 is 19.7 Å². The lowest BCUT2D eigenvalue weighted by Crippen LogP contribution is -2.46. The van der Waals surface area contributed by atoms with E-state index in [0.29, 0.717) is 13.0 Å². The molecule has 1 heterocycles. The topological polar surface area (TPSA) is 88.2 Å². The van der Waals surface area contributed by atoms with Gasteiger partial charge in [0.2, 0.25) is 5.28 Å². The highest BCUT2D eigenvalue weighted by Crippen LogP contribution is 2.28. The highest BCUT2D eigenvalue weighted by Gasteiger charge is 2.35. The number of hydrogen-bond acceptors (Lipinski definition) is 4. The van der Waals surface area contributed by atoms with Crippen molar-refractivity contribution in [2.75, 3.05) is 13.2 Å². The van der Waals surface area contributed by atoms with Crippen LogP contribution in [0.3, 0.4) is 0 Å². The van der Waals surface area contributed by atoms with Gasteiger partial charge in [-0.15, -0.1) is 5.01 Å². The van der Waals surface area contributed by atoms with Gasteiger partial charge in [-0.2, -0.15) is 0 Å².